The molecule has 0 aliphatic rings. The van der Waals surface area contributed by atoms with E-state index in [2.05, 4.69) is 19.1 Å². The van der Waals surface area contributed by atoms with E-state index < -0.39 is 0 Å². The molecular weight excluding hydrogens is 224 g/mol. The summed E-state index contributed by atoms with van der Waals surface area (Å²) >= 11 is 0. The van der Waals surface area contributed by atoms with Crippen LogP contribution in [0.3, 0.4) is 0 Å². The quantitative estimate of drug-likeness (QED) is 0.890. The molecule has 0 amide bonds. The maximum atomic E-state index is 9.30. The Morgan fingerprint density at radius 2 is 1.78 bits per heavy atom. The number of hydrogen-bond acceptors (Lipinski definition) is 2. The van der Waals surface area contributed by atoms with E-state index >= 15 is 0 Å². The lowest BCUT2D eigenvalue weighted by Gasteiger charge is -2.11. The Morgan fingerprint density at radius 3 is 2.50 bits per heavy atom. The van der Waals surface area contributed by atoms with Gasteiger partial charge in [-0.15, -0.1) is 0 Å². The van der Waals surface area contributed by atoms with Crippen LogP contribution in [-0.4, -0.2) is 5.11 Å². The van der Waals surface area contributed by atoms with E-state index in [0.717, 1.165) is 22.4 Å². The van der Waals surface area contributed by atoms with Crippen LogP contribution in [0.25, 0.3) is 0 Å². The van der Waals surface area contributed by atoms with Crippen LogP contribution in [0.4, 0.5) is 0 Å². The summed E-state index contributed by atoms with van der Waals surface area (Å²) < 4.78 is 5.76. The number of aliphatic hydroxyl groups excluding tert-OH is 1. The van der Waals surface area contributed by atoms with Gasteiger partial charge in [0.05, 0.1) is 6.61 Å². The van der Waals surface area contributed by atoms with Crippen LogP contribution >= 0.6 is 0 Å². The lowest BCUT2D eigenvalue weighted by molar-refractivity contribution is 0.259. The summed E-state index contributed by atoms with van der Waals surface area (Å²) in [7, 11) is 0. The monoisotopic (exact) mass is 242 g/mol. The van der Waals surface area contributed by atoms with Crippen molar-refractivity contribution >= 4 is 0 Å². The Bertz CT molecular complexity index is 532. The van der Waals surface area contributed by atoms with Gasteiger partial charge in [-0.2, -0.15) is 0 Å². The zero-order chi connectivity index (χ0) is 13.0. The van der Waals surface area contributed by atoms with Crippen molar-refractivity contribution in [3.63, 3.8) is 0 Å². The Balaban J connectivity index is 2.10. The first-order valence-corrected chi connectivity index (χ1v) is 6.08. The van der Waals surface area contributed by atoms with Crippen LogP contribution in [-0.2, 0) is 13.2 Å². The fraction of sp³-hybridized carbons (Fsp3) is 0.250. The number of rotatable bonds is 4. The summed E-state index contributed by atoms with van der Waals surface area (Å²) in [5.74, 6) is 0.754. The van der Waals surface area contributed by atoms with Gasteiger partial charge in [-0.25, -0.2) is 0 Å². The van der Waals surface area contributed by atoms with E-state index in [1.54, 1.807) is 0 Å². The molecule has 0 fully saturated rings. The predicted molar refractivity (Wildman–Crippen MR) is 72.6 cm³/mol. The molecular formula is C16H18O2. The Hall–Kier alpha value is -1.80. The van der Waals surface area contributed by atoms with Crippen LogP contribution in [0.1, 0.15) is 22.3 Å². The lowest BCUT2D eigenvalue weighted by Crippen LogP contribution is -1.99. The van der Waals surface area contributed by atoms with Crippen molar-refractivity contribution in [2.24, 2.45) is 0 Å². The van der Waals surface area contributed by atoms with Crippen molar-refractivity contribution in [1.82, 2.24) is 0 Å². The van der Waals surface area contributed by atoms with Crippen LogP contribution in [0, 0.1) is 13.8 Å². The van der Waals surface area contributed by atoms with Crippen LogP contribution < -0.4 is 4.74 Å². The highest BCUT2D eigenvalue weighted by Gasteiger charge is 2.03. The van der Waals surface area contributed by atoms with E-state index in [9.17, 15) is 5.11 Å². The number of aliphatic hydroxyl groups is 1. The Labute approximate surface area is 108 Å². The highest BCUT2D eigenvalue weighted by molar-refractivity contribution is 5.36. The number of ether oxygens (including phenoxy) is 1. The summed E-state index contributed by atoms with van der Waals surface area (Å²) in [4.78, 5) is 0. The molecule has 0 heterocycles. The summed E-state index contributed by atoms with van der Waals surface area (Å²) in [5, 5.41) is 9.30. The minimum Gasteiger partial charge on any atom is -0.489 e. The third-order valence-electron chi connectivity index (χ3n) is 2.86. The van der Waals surface area contributed by atoms with Gasteiger partial charge in [-0.1, -0.05) is 47.5 Å². The average Bonchev–Trinajstić information content (AvgIpc) is 2.37. The second-order valence-electron chi connectivity index (χ2n) is 4.55. The SMILES string of the molecule is Cc1cccc(COc2ccc(C)cc2CO)c1. The standard InChI is InChI=1S/C16H18O2/c1-12-4-3-5-14(8-12)11-18-16-7-6-13(2)9-15(16)10-17/h3-9,17H,10-11H2,1-2H3. The van der Waals surface area contributed by atoms with Crippen molar-refractivity contribution in [3.05, 3.63) is 64.7 Å². The Morgan fingerprint density at radius 1 is 1.00 bits per heavy atom. The topological polar surface area (TPSA) is 29.5 Å². The molecule has 2 rings (SSSR count). The highest BCUT2D eigenvalue weighted by Crippen LogP contribution is 2.21. The van der Waals surface area contributed by atoms with Crippen LogP contribution in [0.15, 0.2) is 42.5 Å². The first kappa shape index (κ1) is 12.7. The molecule has 18 heavy (non-hydrogen) atoms. The van der Waals surface area contributed by atoms with Crippen molar-refractivity contribution in [3.8, 4) is 5.75 Å². The zero-order valence-corrected chi connectivity index (χ0v) is 10.8. The van der Waals surface area contributed by atoms with Gasteiger partial charge < -0.3 is 9.84 Å². The molecule has 0 aliphatic carbocycles. The lowest BCUT2D eigenvalue weighted by atomic mass is 10.1. The second-order valence-corrected chi connectivity index (χ2v) is 4.55. The molecule has 0 aliphatic heterocycles. The molecule has 0 spiro atoms. The van der Waals surface area contributed by atoms with Gasteiger partial charge in [0.25, 0.3) is 0 Å². The minimum absolute atomic E-state index is 0.00479. The molecule has 0 radical (unpaired) electrons. The summed E-state index contributed by atoms with van der Waals surface area (Å²) in [6, 6.07) is 14.1. The third-order valence-corrected chi connectivity index (χ3v) is 2.86. The molecule has 0 bridgehead atoms. The maximum absolute atomic E-state index is 9.30. The summed E-state index contributed by atoms with van der Waals surface area (Å²) in [6.07, 6.45) is 0. The summed E-state index contributed by atoms with van der Waals surface area (Å²) in [5.41, 5.74) is 4.33. The normalized spacial score (nSPS) is 10.4. The minimum atomic E-state index is 0.00479. The molecule has 94 valence electrons. The molecule has 0 aromatic heterocycles. The molecule has 2 nitrogen and oxygen atoms in total. The van der Waals surface area contributed by atoms with Gasteiger partial charge in [0.1, 0.15) is 12.4 Å². The number of benzene rings is 2. The molecule has 2 aromatic carbocycles. The van der Waals surface area contributed by atoms with E-state index in [1.165, 1.54) is 5.56 Å². The van der Waals surface area contributed by atoms with Crippen molar-refractivity contribution in [1.29, 1.82) is 0 Å². The largest absolute Gasteiger partial charge is 0.489 e. The summed E-state index contributed by atoms with van der Waals surface area (Å²) in [6.45, 7) is 4.60. The molecule has 2 heteroatoms. The fourth-order valence-electron chi connectivity index (χ4n) is 1.94. The van der Waals surface area contributed by atoms with Gasteiger partial charge >= 0.3 is 0 Å². The van der Waals surface area contributed by atoms with E-state index in [1.807, 2.05) is 37.3 Å². The maximum Gasteiger partial charge on any atom is 0.125 e. The predicted octanol–water partition coefficient (Wildman–Crippen LogP) is 3.37. The Kier molecular flexibility index (Phi) is 4.00. The second kappa shape index (κ2) is 5.69. The smallest absolute Gasteiger partial charge is 0.125 e. The first-order chi connectivity index (χ1) is 8.69. The fourth-order valence-corrected chi connectivity index (χ4v) is 1.94. The highest BCUT2D eigenvalue weighted by atomic mass is 16.5. The van der Waals surface area contributed by atoms with Crippen molar-refractivity contribution < 1.29 is 9.84 Å². The van der Waals surface area contributed by atoms with Gasteiger partial charge in [-0.05, 0) is 25.5 Å². The number of hydrogen-bond donors (Lipinski definition) is 1. The number of aryl methyl sites for hydroxylation is 2. The molecule has 0 saturated heterocycles. The molecule has 1 N–H and O–H groups in total. The van der Waals surface area contributed by atoms with Gasteiger partial charge in [-0.3, -0.25) is 0 Å². The van der Waals surface area contributed by atoms with E-state index in [0.29, 0.717) is 6.61 Å². The first-order valence-electron chi connectivity index (χ1n) is 6.08. The van der Waals surface area contributed by atoms with Gasteiger partial charge in [0.2, 0.25) is 0 Å². The molecule has 2 aromatic rings. The van der Waals surface area contributed by atoms with Crippen LogP contribution in [0.5, 0.6) is 5.75 Å². The van der Waals surface area contributed by atoms with E-state index in [4.69, 9.17) is 4.74 Å². The van der Waals surface area contributed by atoms with Crippen molar-refractivity contribution in [2.75, 3.05) is 0 Å². The molecule has 0 atom stereocenters. The average molecular weight is 242 g/mol. The van der Waals surface area contributed by atoms with E-state index in [-0.39, 0.29) is 6.61 Å². The zero-order valence-electron chi connectivity index (χ0n) is 10.8. The third kappa shape index (κ3) is 3.11. The molecule has 0 unspecified atom stereocenters. The molecule has 0 saturated carbocycles. The van der Waals surface area contributed by atoms with Crippen LogP contribution in [0.2, 0.25) is 0 Å². The van der Waals surface area contributed by atoms with Gasteiger partial charge in [0.15, 0.2) is 0 Å². The van der Waals surface area contributed by atoms with Crippen molar-refractivity contribution in [2.45, 2.75) is 27.1 Å². The van der Waals surface area contributed by atoms with Gasteiger partial charge in [0, 0.05) is 5.56 Å².